The first-order valence-electron chi connectivity index (χ1n) is 7.04. The lowest BCUT2D eigenvalue weighted by molar-refractivity contribution is 1.41. The molecule has 0 unspecified atom stereocenters. The number of para-hydroxylation sites is 2. The van der Waals surface area contributed by atoms with Gasteiger partial charge in [-0.15, -0.1) is 0 Å². The fraction of sp³-hybridized carbons (Fsp3) is 0. The predicted molar refractivity (Wildman–Crippen MR) is 97.3 cm³/mol. The van der Waals surface area contributed by atoms with Crippen LogP contribution in [0.15, 0.2) is 66.9 Å². The fourth-order valence-electron chi connectivity index (χ4n) is 2.20. The van der Waals surface area contributed by atoms with Crippen LogP contribution in [0.5, 0.6) is 0 Å². The molecule has 4 rings (SSSR count). The van der Waals surface area contributed by atoms with Crippen LogP contribution >= 0.6 is 11.6 Å². The second kappa shape index (κ2) is 6.50. The molecule has 0 radical (unpaired) electrons. The van der Waals surface area contributed by atoms with E-state index < -0.39 is 0 Å². The van der Waals surface area contributed by atoms with Crippen molar-refractivity contribution in [1.82, 2.24) is 9.97 Å². The lowest BCUT2D eigenvalue weighted by atomic mass is 10.2. The predicted octanol–water partition coefficient (Wildman–Crippen LogP) is 4.29. The van der Waals surface area contributed by atoms with E-state index in [-0.39, 0.29) is 0 Å². The van der Waals surface area contributed by atoms with Gasteiger partial charge >= 0.3 is 0 Å². The molecule has 5 heteroatoms. The van der Waals surface area contributed by atoms with E-state index in [1.54, 1.807) is 6.20 Å². The number of nitrogens with zero attached hydrogens (tertiary/aromatic N) is 2. The Bertz CT molecular complexity index is 929. The minimum atomic E-state index is 0.369. The number of nitrogen functional groups attached to an aromatic ring is 2. The van der Waals surface area contributed by atoms with Crippen molar-refractivity contribution in [2.24, 2.45) is 0 Å². The summed E-state index contributed by atoms with van der Waals surface area (Å²) in [5.74, 6) is 0. The van der Waals surface area contributed by atoms with Gasteiger partial charge in [-0.3, -0.25) is 4.98 Å². The summed E-state index contributed by atoms with van der Waals surface area (Å²) in [6.07, 6.45) is 1.67. The molecule has 0 aliphatic carbocycles. The molecule has 0 bridgehead atoms. The number of pyridine rings is 2. The standard InChI is InChI=1S/C9H7ClN2.C9H8N2/c10-9-7(11)5-6-3-1-2-4-8(6)12-9;10-8-5-7-3-1-2-4-9(7)11-6-8/h1-5H,11H2;1-6H,10H2. The van der Waals surface area contributed by atoms with Gasteiger partial charge in [-0.05, 0) is 24.3 Å². The molecule has 2 aromatic carbocycles. The Morgan fingerprint density at radius 1 is 0.783 bits per heavy atom. The van der Waals surface area contributed by atoms with E-state index >= 15 is 0 Å². The summed E-state index contributed by atoms with van der Waals surface area (Å²) in [6, 6.07) is 19.4. The summed E-state index contributed by atoms with van der Waals surface area (Å²) >= 11 is 5.75. The van der Waals surface area contributed by atoms with Crippen molar-refractivity contribution in [3.05, 3.63) is 72.0 Å². The van der Waals surface area contributed by atoms with Crippen LogP contribution in [0.3, 0.4) is 0 Å². The van der Waals surface area contributed by atoms with Crippen molar-refractivity contribution in [3.8, 4) is 0 Å². The number of benzene rings is 2. The second-order valence-corrected chi connectivity index (χ2v) is 5.38. The summed E-state index contributed by atoms with van der Waals surface area (Å²) < 4.78 is 0. The monoisotopic (exact) mass is 322 g/mol. The summed E-state index contributed by atoms with van der Waals surface area (Å²) in [5.41, 5.74) is 14.2. The number of anilines is 2. The zero-order valence-electron chi connectivity index (χ0n) is 12.3. The van der Waals surface area contributed by atoms with Crippen molar-refractivity contribution in [2.45, 2.75) is 0 Å². The highest BCUT2D eigenvalue weighted by molar-refractivity contribution is 6.32. The van der Waals surface area contributed by atoms with Gasteiger partial charge in [0.25, 0.3) is 0 Å². The third kappa shape index (κ3) is 3.49. The Hall–Kier alpha value is -2.85. The van der Waals surface area contributed by atoms with E-state index in [9.17, 15) is 0 Å². The fourth-order valence-corrected chi connectivity index (χ4v) is 2.34. The summed E-state index contributed by atoms with van der Waals surface area (Å²) in [6.45, 7) is 0. The van der Waals surface area contributed by atoms with Gasteiger partial charge < -0.3 is 11.5 Å². The van der Waals surface area contributed by atoms with Crippen molar-refractivity contribution in [3.63, 3.8) is 0 Å². The molecule has 0 saturated heterocycles. The molecule has 0 saturated carbocycles. The summed E-state index contributed by atoms with van der Waals surface area (Å²) in [5, 5.41) is 2.47. The van der Waals surface area contributed by atoms with Crippen molar-refractivity contribution in [1.29, 1.82) is 0 Å². The van der Waals surface area contributed by atoms with E-state index in [1.165, 1.54) is 0 Å². The van der Waals surface area contributed by atoms with Gasteiger partial charge in [-0.1, -0.05) is 48.0 Å². The Morgan fingerprint density at radius 2 is 1.39 bits per heavy atom. The third-order valence-corrected chi connectivity index (χ3v) is 3.62. The zero-order chi connectivity index (χ0) is 16.2. The molecule has 0 amide bonds. The maximum atomic E-state index is 5.75. The molecule has 4 nitrogen and oxygen atoms in total. The summed E-state index contributed by atoms with van der Waals surface area (Å²) in [4.78, 5) is 8.27. The first kappa shape index (κ1) is 15.1. The average Bonchev–Trinajstić information content (AvgIpc) is 2.56. The maximum Gasteiger partial charge on any atom is 0.152 e. The highest BCUT2D eigenvalue weighted by Gasteiger charge is 1.99. The Labute approximate surface area is 138 Å². The van der Waals surface area contributed by atoms with Gasteiger partial charge in [0.15, 0.2) is 5.15 Å². The van der Waals surface area contributed by atoms with Crippen LogP contribution in [-0.4, -0.2) is 9.97 Å². The smallest absolute Gasteiger partial charge is 0.152 e. The van der Waals surface area contributed by atoms with Gasteiger partial charge in [-0.25, -0.2) is 4.98 Å². The molecule has 0 spiro atoms. The van der Waals surface area contributed by atoms with Crippen LogP contribution in [-0.2, 0) is 0 Å². The van der Waals surface area contributed by atoms with Gasteiger partial charge in [-0.2, -0.15) is 0 Å². The van der Waals surface area contributed by atoms with E-state index in [2.05, 4.69) is 9.97 Å². The van der Waals surface area contributed by atoms with Crippen LogP contribution in [0, 0.1) is 0 Å². The number of hydrogen-bond acceptors (Lipinski definition) is 4. The molecule has 23 heavy (non-hydrogen) atoms. The average molecular weight is 323 g/mol. The molecular weight excluding hydrogens is 308 g/mol. The number of fused-ring (bicyclic) bond motifs is 2. The Morgan fingerprint density at radius 3 is 2.13 bits per heavy atom. The number of hydrogen-bond donors (Lipinski definition) is 2. The van der Waals surface area contributed by atoms with Crippen molar-refractivity contribution < 1.29 is 0 Å². The van der Waals surface area contributed by atoms with E-state index in [0.717, 1.165) is 21.8 Å². The molecule has 114 valence electrons. The van der Waals surface area contributed by atoms with Crippen LogP contribution in [0.25, 0.3) is 21.8 Å². The number of aromatic nitrogens is 2. The molecule has 4 aromatic rings. The largest absolute Gasteiger partial charge is 0.397 e. The molecule has 0 atom stereocenters. The number of nitrogens with two attached hydrogens (primary N) is 2. The molecule has 2 aromatic heterocycles. The van der Waals surface area contributed by atoms with Crippen LogP contribution in [0.1, 0.15) is 0 Å². The minimum Gasteiger partial charge on any atom is -0.397 e. The first-order valence-corrected chi connectivity index (χ1v) is 7.42. The minimum absolute atomic E-state index is 0.369. The molecular formula is C18H15ClN4. The van der Waals surface area contributed by atoms with Gasteiger partial charge in [0, 0.05) is 10.8 Å². The van der Waals surface area contributed by atoms with Crippen LogP contribution in [0.4, 0.5) is 11.4 Å². The van der Waals surface area contributed by atoms with E-state index in [1.807, 2.05) is 60.7 Å². The third-order valence-electron chi connectivity index (χ3n) is 3.32. The lowest BCUT2D eigenvalue weighted by Gasteiger charge is -1.99. The van der Waals surface area contributed by atoms with E-state index in [0.29, 0.717) is 16.5 Å². The quantitative estimate of drug-likeness (QED) is 0.473. The van der Waals surface area contributed by atoms with Crippen LogP contribution in [0.2, 0.25) is 5.15 Å². The molecule has 4 N–H and O–H groups in total. The Balaban J connectivity index is 0.000000136. The highest BCUT2D eigenvalue weighted by atomic mass is 35.5. The van der Waals surface area contributed by atoms with Crippen molar-refractivity contribution in [2.75, 3.05) is 11.5 Å². The van der Waals surface area contributed by atoms with Gasteiger partial charge in [0.05, 0.1) is 28.6 Å². The highest BCUT2D eigenvalue weighted by Crippen LogP contribution is 2.21. The van der Waals surface area contributed by atoms with Gasteiger partial charge in [0.2, 0.25) is 0 Å². The number of rotatable bonds is 0. The zero-order valence-corrected chi connectivity index (χ0v) is 13.0. The normalized spacial score (nSPS) is 10.3. The summed E-state index contributed by atoms with van der Waals surface area (Å²) in [7, 11) is 0. The van der Waals surface area contributed by atoms with Gasteiger partial charge in [0.1, 0.15) is 0 Å². The first-order chi connectivity index (χ1) is 11.1. The Kier molecular flexibility index (Phi) is 4.26. The van der Waals surface area contributed by atoms with E-state index in [4.69, 9.17) is 23.1 Å². The molecule has 0 aliphatic rings. The topological polar surface area (TPSA) is 77.8 Å². The molecule has 0 fully saturated rings. The van der Waals surface area contributed by atoms with Crippen LogP contribution < -0.4 is 11.5 Å². The number of halogens is 1. The SMILES string of the molecule is Nc1cc2ccccc2nc1Cl.Nc1cnc2ccccc2c1. The second-order valence-electron chi connectivity index (χ2n) is 5.02. The molecule has 2 heterocycles. The lowest BCUT2D eigenvalue weighted by Crippen LogP contribution is -1.89. The maximum absolute atomic E-state index is 5.75. The molecule has 0 aliphatic heterocycles. The van der Waals surface area contributed by atoms with Crippen molar-refractivity contribution >= 4 is 44.8 Å².